The molecule has 0 spiro atoms. The SMILES string of the molecule is Cc1ccc(-c2c(CNC(=O)OC(C)(C)C)c(CC(C)C)nc3ccc(/C=C/C(N)=O)cc23)cc1. The number of aromatic nitrogens is 1. The molecular weight excluding hydrogens is 438 g/mol. The van der Waals surface area contributed by atoms with E-state index in [1.165, 1.54) is 6.08 Å². The Morgan fingerprint density at radius 1 is 1.11 bits per heavy atom. The highest BCUT2D eigenvalue weighted by atomic mass is 16.6. The second-order valence-electron chi connectivity index (χ2n) is 10.2. The maximum absolute atomic E-state index is 12.5. The zero-order valence-corrected chi connectivity index (χ0v) is 21.4. The minimum Gasteiger partial charge on any atom is -0.444 e. The number of rotatable bonds is 7. The maximum Gasteiger partial charge on any atom is 0.407 e. The second kappa shape index (κ2) is 10.7. The molecule has 35 heavy (non-hydrogen) atoms. The molecular formula is C29H35N3O3. The Morgan fingerprint density at radius 3 is 2.40 bits per heavy atom. The molecule has 0 bridgehead atoms. The summed E-state index contributed by atoms with van der Waals surface area (Å²) < 4.78 is 5.48. The Bertz CT molecular complexity index is 1250. The predicted molar refractivity (Wildman–Crippen MR) is 142 cm³/mol. The number of hydrogen-bond acceptors (Lipinski definition) is 4. The Labute approximate surface area is 207 Å². The van der Waals surface area contributed by atoms with Crippen molar-refractivity contribution >= 4 is 29.0 Å². The van der Waals surface area contributed by atoms with E-state index in [9.17, 15) is 9.59 Å². The van der Waals surface area contributed by atoms with Crippen LogP contribution in [0.3, 0.4) is 0 Å². The normalized spacial score (nSPS) is 11.9. The number of fused-ring (bicyclic) bond motifs is 1. The molecule has 3 rings (SSSR count). The van der Waals surface area contributed by atoms with Crippen LogP contribution in [-0.2, 0) is 22.5 Å². The van der Waals surface area contributed by atoms with Gasteiger partial charge in [0.25, 0.3) is 0 Å². The molecule has 2 amide bonds. The Balaban J connectivity index is 2.23. The van der Waals surface area contributed by atoms with Crippen LogP contribution < -0.4 is 11.1 Å². The number of pyridine rings is 1. The zero-order chi connectivity index (χ0) is 25.8. The van der Waals surface area contributed by atoms with E-state index in [-0.39, 0.29) is 6.54 Å². The van der Waals surface area contributed by atoms with Crippen LogP contribution in [0.2, 0.25) is 0 Å². The molecule has 0 aliphatic rings. The number of carbonyl (C=O) groups is 2. The number of nitrogens with two attached hydrogens (primary N) is 1. The number of aryl methyl sites for hydroxylation is 1. The predicted octanol–water partition coefficient (Wildman–Crippen LogP) is 5.93. The first-order valence-electron chi connectivity index (χ1n) is 11.9. The fraction of sp³-hybridized carbons (Fsp3) is 0.345. The molecule has 0 saturated heterocycles. The lowest BCUT2D eigenvalue weighted by molar-refractivity contribution is -0.113. The van der Waals surface area contributed by atoms with E-state index in [0.29, 0.717) is 5.92 Å². The van der Waals surface area contributed by atoms with Gasteiger partial charge in [0.05, 0.1) is 5.52 Å². The third-order valence-corrected chi connectivity index (χ3v) is 5.39. The highest BCUT2D eigenvalue weighted by Crippen LogP contribution is 2.35. The molecule has 6 nitrogen and oxygen atoms in total. The molecule has 0 unspecified atom stereocenters. The van der Waals surface area contributed by atoms with Crippen molar-refractivity contribution in [1.82, 2.24) is 10.3 Å². The van der Waals surface area contributed by atoms with Crippen LogP contribution in [0.15, 0.2) is 48.5 Å². The summed E-state index contributed by atoms with van der Waals surface area (Å²) in [4.78, 5) is 28.8. The summed E-state index contributed by atoms with van der Waals surface area (Å²) >= 11 is 0. The van der Waals surface area contributed by atoms with E-state index < -0.39 is 17.6 Å². The highest BCUT2D eigenvalue weighted by Gasteiger charge is 2.21. The topological polar surface area (TPSA) is 94.3 Å². The maximum atomic E-state index is 12.5. The highest BCUT2D eigenvalue weighted by molar-refractivity contribution is 5.98. The van der Waals surface area contributed by atoms with E-state index in [1.807, 2.05) is 39.0 Å². The number of benzene rings is 2. The molecule has 2 aromatic carbocycles. The van der Waals surface area contributed by atoms with Crippen molar-refractivity contribution in [3.05, 3.63) is 70.9 Å². The number of amides is 2. The molecule has 0 atom stereocenters. The third-order valence-electron chi connectivity index (χ3n) is 5.39. The van der Waals surface area contributed by atoms with Gasteiger partial charge in [0.1, 0.15) is 5.60 Å². The lowest BCUT2D eigenvalue weighted by atomic mass is 9.90. The quantitative estimate of drug-likeness (QED) is 0.416. The number of alkyl carbamates (subject to hydrolysis) is 1. The van der Waals surface area contributed by atoms with E-state index in [2.05, 4.69) is 50.4 Å². The van der Waals surface area contributed by atoms with Crippen LogP contribution in [-0.4, -0.2) is 22.6 Å². The van der Waals surface area contributed by atoms with Crippen molar-refractivity contribution in [1.29, 1.82) is 0 Å². The molecule has 184 valence electrons. The third kappa shape index (κ3) is 7.15. The lowest BCUT2D eigenvalue weighted by Gasteiger charge is -2.22. The van der Waals surface area contributed by atoms with Crippen LogP contribution in [0.5, 0.6) is 0 Å². The minimum absolute atomic E-state index is 0.282. The van der Waals surface area contributed by atoms with Gasteiger partial charge in [-0.05, 0) is 74.9 Å². The molecule has 3 N–H and O–H groups in total. The van der Waals surface area contributed by atoms with Crippen molar-refractivity contribution in [2.45, 2.75) is 60.1 Å². The molecule has 1 heterocycles. The summed E-state index contributed by atoms with van der Waals surface area (Å²) in [7, 11) is 0. The summed E-state index contributed by atoms with van der Waals surface area (Å²) in [6, 6.07) is 14.2. The van der Waals surface area contributed by atoms with Crippen LogP contribution in [0.25, 0.3) is 28.1 Å². The van der Waals surface area contributed by atoms with Crippen LogP contribution in [0.4, 0.5) is 4.79 Å². The number of nitrogens with zero attached hydrogens (tertiary/aromatic N) is 1. The first kappa shape index (κ1) is 25.9. The zero-order valence-electron chi connectivity index (χ0n) is 21.4. The second-order valence-corrected chi connectivity index (χ2v) is 10.2. The Morgan fingerprint density at radius 2 is 1.80 bits per heavy atom. The van der Waals surface area contributed by atoms with E-state index in [1.54, 1.807) is 6.08 Å². The number of ether oxygens (including phenoxy) is 1. The molecule has 0 radical (unpaired) electrons. The lowest BCUT2D eigenvalue weighted by Crippen LogP contribution is -2.32. The van der Waals surface area contributed by atoms with Gasteiger partial charge in [-0.2, -0.15) is 0 Å². The molecule has 1 aromatic heterocycles. The smallest absolute Gasteiger partial charge is 0.407 e. The standard InChI is InChI=1S/C29H35N3O3/c1-18(2)15-25-23(17-31-28(34)35-29(4,5)6)27(21-11-7-19(3)8-12-21)22-16-20(10-14-26(30)33)9-13-24(22)32-25/h7-14,16,18H,15,17H2,1-6H3,(H2,30,33)(H,31,34)/b14-10+. The summed E-state index contributed by atoms with van der Waals surface area (Å²) in [5, 5.41) is 3.87. The van der Waals surface area contributed by atoms with E-state index in [4.69, 9.17) is 15.5 Å². The number of carbonyl (C=O) groups excluding carboxylic acids is 2. The molecule has 0 aliphatic carbocycles. The van der Waals surface area contributed by atoms with Gasteiger partial charge in [-0.15, -0.1) is 0 Å². The van der Waals surface area contributed by atoms with Crippen LogP contribution in [0.1, 0.15) is 57.0 Å². The summed E-state index contributed by atoms with van der Waals surface area (Å²) in [5.41, 5.74) is 11.5. The Hall–Kier alpha value is -3.67. The monoisotopic (exact) mass is 473 g/mol. The molecule has 6 heteroatoms. The summed E-state index contributed by atoms with van der Waals surface area (Å²) in [6.45, 7) is 12.2. The van der Waals surface area contributed by atoms with Crippen molar-refractivity contribution in [3.8, 4) is 11.1 Å². The van der Waals surface area contributed by atoms with Crippen molar-refractivity contribution in [3.63, 3.8) is 0 Å². The van der Waals surface area contributed by atoms with Crippen molar-refractivity contribution < 1.29 is 14.3 Å². The van der Waals surface area contributed by atoms with Crippen LogP contribution >= 0.6 is 0 Å². The molecule has 0 fully saturated rings. The van der Waals surface area contributed by atoms with Crippen molar-refractivity contribution in [2.75, 3.05) is 0 Å². The molecule has 0 saturated carbocycles. The van der Waals surface area contributed by atoms with Gasteiger partial charge in [0.2, 0.25) is 5.91 Å². The van der Waals surface area contributed by atoms with E-state index in [0.717, 1.165) is 50.8 Å². The van der Waals surface area contributed by atoms with Crippen LogP contribution in [0, 0.1) is 12.8 Å². The number of primary amides is 1. The average molecular weight is 474 g/mol. The first-order valence-corrected chi connectivity index (χ1v) is 11.9. The van der Waals surface area contributed by atoms with Crippen molar-refractivity contribution in [2.24, 2.45) is 11.7 Å². The van der Waals surface area contributed by atoms with Gasteiger partial charge in [-0.1, -0.05) is 49.7 Å². The number of nitrogens with one attached hydrogen (secondary N) is 1. The average Bonchev–Trinajstić information content (AvgIpc) is 2.75. The fourth-order valence-electron chi connectivity index (χ4n) is 3.92. The summed E-state index contributed by atoms with van der Waals surface area (Å²) in [5.74, 6) is -0.125. The van der Waals surface area contributed by atoms with Gasteiger partial charge in [-0.25, -0.2) is 4.79 Å². The molecule has 0 aliphatic heterocycles. The fourth-order valence-corrected chi connectivity index (χ4v) is 3.92. The van der Waals surface area contributed by atoms with Gasteiger partial charge in [0, 0.05) is 29.3 Å². The Kier molecular flexibility index (Phi) is 7.95. The molecule has 3 aromatic rings. The first-order chi connectivity index (χ1) is 16.4. The summed E-state index contributed by atoms with van der Waals surface area (Å²) in [6.07, 6.45) is 3.34. The largest absolute Gasteiger partial charge is 0.444 e. The van der Waals surface area contributed by atoms with Gasteiger partial charge in [-0.3, -0.25) is 9.78 Å². The van der Waals surface area contributed by atoms with Gasteiger partial charge < -0.3 is 15.8 Å². The van der Waals surface area contributed by atoms with Gasteiger partial charge in [0.15, 0.2) is 0 Å². The number of hydrogen-bond donors (Lipinski definition) is 2. The van der Waals surface area contributed by atoms with E-state index >= 15 is 0 Å². The minimum atomic E-state index is -0.589. The van der Waals surface area contributed by atoms with Gasteiger partial charge >= 0.3 is 6.09 Å².